The minimum Gasteiger partial charge on any atom is -0.481 e. The van der Waals surface area contributed by atoms with E-state index in [1.54, 1.807) is 9.80 Å². The van der Waals surface area contributed by atoms with Gasteiger partial charge >= 0.3 is 24.3 Å². The number of carboxylic acids is 1. The number of aliphatic carboxylic acids is 1. The van der Waals surface area contributed by atoms with Crippen LogP contribution in [0.2, 0.25) is 5.02 Å². The average Bonchev–Trinajstić information content (AvgIpc) is 3.32. The largest absolute Gasteiger partial charge is 0.481 e. The maximum absolute atomic E-state index is 14.1. The Morgan fingerprint density at radius 3 is 2.24 bits per heavy atom. The van der Waals surface area contributed by atoms with Gasteiger partial charge in [-0.15, -0.1) is 0 Å². The van der Waals surface area contributed by atoms with E-state index in [-0.39, 0.29) is 54.6 Å². The number of fused-ring (bicyclic) bond motifs is 1. The van der Waals surface area contributed by atoms with Crippen LogP contribution in [0, 0.1) is 5.92 Å². The van der Waals surface area contributed by atoms with Crippen molar-refractivity contribution in [3.05, 3.63) is 58.1 Å². The van der Waals surface area contributed by atoms with Crippen LogP contribution in [0.15, 0.2) is 36.4 Å². The highest BCUT2D eigenvalue weighted by atomic mass is 35.5. The average molecular weight is 777 g/mol. The SMILES string of the molecule is Nc1c(Cl)cc(C[C@@H](OC(=O)N2CCC(N3CCc4ccccc4NC3=O)CC2)C(=O)N2CCC(N3CCC(CCC(=O)O)CC3)CC2)cc1C(F)(F)F. The molecular weight excluding hydrogens is 729 g/mol. The number of hydrogen-bond acceptors (Lipinski definition) is 7. The van der Waals surface area contributed by atoms with Crippen LogP contribution in [0.3, 0.4) is 0 Å². The van der Waals surface area contributed by atoms with Gasteiger partial charge < -0.3 is 40.5 Å². The van der Waals surface area contributed by atoms with E-state index in [0.29, 0.717) is 64.1 Å². The minimum absolute atomic E-state index is 0.0558. The third kappa shape index (κ3) is 9.52. The number of carbonyl (C=O) groups excluding carboxylic acids is 3. The molecule has 12 nitrogen and oxygen atoms in total. The molecule has 2 aromatic rings. The van der Waals surface area contributed by atoms with Crippen molar-refractivity contribution in [2.75, 3.05) is 56.9 Å². The van der Waals surface area contributed by atoms with Gasteiger partial charge in [-0.05, 0) is 99.7 Å². The maximum atomic E-state index is 14.1. The number of nitrogen functional groups attached to an aromatic ring is 1. The first-order valence-corrected chi connectivity index (χ1v) is 19.2. The number of nitrogens with two attached hydrogens (primary N) is 1. The van der Waals surface area contributed by atoms with Gasteiger partial charge in [0.15, 0.2) is 6.10 Å². The van der Waals surface area contributed by atoms with Crippen LogP contribution >= 0.6 is 11.6 Å². The van der Waals surface area contributed by atoms with E-state index in [1.165, 1.54) is 11.0 Å². The molecule has 4 amide bonds. The van der Waals surface area contributed by atoms with Crippen molar-refractivity contribution in [3.8, 4) is 0 Å². The molecule has 294 valence electrons. The maximum Gasteiger partial charge on any atom is 0.418 e. The van der Waals surface area contributed by atoms with Crippen LogP contribution < -0.4 is 11.1 Å². The molecule has 1 atom stereocenters. The van der Waals surface area contributed by atoms with Crippen molar-refractivity contribution in [2.24, 2.45) is 5.92 Å². The lowest BCUT2D eigenvalue weighted by atomic mass is 9.90. The number of carbonyl (C=O) groups is 4. The highest BCUT2D eigenvalue weighted by molar-refractivity contribution is 6.33. The summed E-state index contributed by atoms with van der Waals surface area (Å²) in [5, 5.41) is 11.7. The van der Waals surface area contributed by atoms with Crippen LogP contribution in [0.4, 0.5) is 34.1 Å². The Morgan fingerprint density at radius 1 is 0.926 bits per heavy atom. The number of nitrogens with zero attached hydrogens (tertiary/aromatic N) is 4. The van der Waals surface area contributed by atoms with Crippen molar-refractivity contribution < 1.29 is 42.2 Å². The summed E-state index contributed by atoms with van der Waals surface area (Å²) in [5.74, 6) is -0.896. The van der Waals surface area contributed by atoms with E-state index < -0.39 is 41.5 Å². The molecule has 2 aromatic carbocycles. The van der Waals surface area contributed by atoms with Gasteiger partial charge in [-0.1, -0.05) is 29.8 Å². The standard InChI is InChI=1S/C38H48ClF3N6O6/c39-30-22-25(21-29(34(30)43)38(40,41)42)23-32(35(51)46-16-10-27(11-17-46)45-14-7-24(8-15-45)5-6-33(49)50)54-37(53)47-18-12-28(13-19-47)48-20-9-26-3-1-2-4-31(26)44-36(48)52/h1-4,21-22,24,27-28,32H,5-20,23,43H2,(H,44,52)(H,49,50)/t32-/m1/s1. The lowest BCUT2D eigenvalue weighted by Crippen LogP contribution is -2.53. The van der Waals surface area contributed by atoms with E-state index in [2.05, 4.69) is 10.2 Å². The van der Waals surface area contributed by atoms with Gasteiger partial charge in [0.25, 0.3) is 5.91 Å². The Kier molecular flexibility index (Phi) is 12.5. The third-order valence-electron chi connectivity index (χ3n) is 11.4. The molecule has 0 spiro atoms. The summed E-state index contributed by atoms with van der Waals surface area (Å²) in [4.78, 5) is 59.0. The third-order valence-corrected chi connectivity index (χ3v) is 11.8. The molecule has 3 saturated heterocycles. The number of amides is 4. The predicted octanol–water partition coefficient (Wildman–Crippen LogP) is 6.11. The fourth-order valence-corrected chi connectivity index (χ4v) is 8.55. The Balaban J connectivity index is 1.09. The Bertz CT molecular complexity index is 1690. The number of benzene rings is 2. The number of halogens is 4. The van der Waals surface area contributed by atoms with Gasteiger partial charge in [-0.2, -0.15) is 13.2 Å². The molecule has 3 fully saturated rings. The molecule has 4 aliphatic rings. The van der Waals surface area contributed by atoms with E-state index in [1.807, 2.05) is 24.3 Å². The van der Waals surface area contributed by atoms with E-state index >= 15 is 0 Å². The Morgan fingerprint density at radius 2 is 1.57 bits per heavy atom. The fraction of sp³-hybridized carbons (Fsp3) is 0.579. The topological polar surface area (TPSA) is 149 Å². The minimum atomic E-state index is -4.79. The second-order valence-corrected chi connectivity index (χ2v) is 15.2. The van der Waals surface area contributed by atoms with Gasteiger partial charge in [0.1, 0.15) is 0 Å². The molecule has 0 unspecified atom stereocenters. The zero-order valence-corrected chi connectivity index (χ0v) is 30.9. The highest BCUT2D eigenvalue weighted by Crippen LogP contribution is 2.38. The lowest BCUT2D eigenvalue weighted by molar-refractivity contribution is -0.142. The molecule has 4 heterocycles. The number of para-hydroxylation sites is 1. The number of likely N-dealkylation sites (tertiary alicyclic amines) is 3. The van der Waals surface area contributed by atoms with Crippen molar-refractivity contribution in [2.45, 2.75) is 88.6 Å². The van der Waals surface area contributed by atoms with E-state index in [4.69, 9.17) is 27.2 Å². The molecular formula is C38H48ClF3N6O6. The number of alkyl halides is 3. The first kappa shape index (κ1) is 39.5. The second-order valence-electron chi connectivity index (χ2n) is 14.8. The summed E-state index contributed by atoms with van der Waals surface area (Å²) in [7, 11) is 0. The smallest absolute Gasteiger partial charge is 0.418 e. The second kappa shape index (κ2) is 17.1. The molecule has 16 heteroatoms. The van der Waals surface area contributed by atoms with Gasteiger partial charge in [0.05, 0.1) is 16.3 Å². The van der Waals surface area contributed by atoms with E-state index in [9.17, 15) is 32.3 Å². The van der Waals surface area contributed by atoms with Crippen LogP contribution in [0.5, 0.6) is 0 Å². The zero-order valence-electron chi connectivity index (χ0n) is 30.2. The first-order valence-electron chi connectivity index (χ1n) is 18.8. The number of piperidine rings is 3. The normalized spacial score (nSPS) is 20.2. The summed E-state index contributed by atoms with van der Waals surface area (Å²) < 4.78 is 47.4. The van der Waals surface area contributed by atoms with Crippen LogP contribution in [-0.4, -0.2) is 113 Å². The summed E-state index contributed by atoms with van der Waals surface area (Å²) in [6.45, 7) is 3.56. The number of urea groups is 1. The first-order chi connectivity index (χ1) is 25.8. The summed E-state index contributed by atoms with van der Waals surface area (Å²) in [5.41, 5.74) is 5.80. The van der Waals surface area contributed by atoms with Gasteiger partial charge in [-0.25, -0.2) is 9.59 Å². The molecule has 0 radical (unpaired) electrons. The molecule has 54 heavy (non-hydrogen) atoms. The summed E-state index contributed by atoms with van der Waals surface area (Å²) in [6, 6.07) is 9.69. The highest BCUT2D eigenvalue weighted by Gasteiger charge is 2.38. The van der Waals surface area contributed by atoms with Crippen LogP contribution in [0.25, 0.3) is 0 Å². The van der Waals surface area contributed by atoms with Crippen molar-refractivity contribution in [3.63, 3.8) is 0 Å². The van der Waals surface area contributed by atoms with Crippen molar-refractivity contribution in [1.29, 1.82) is 0 Å². The number of nitrogens with one attached hydrogen (secondary N) is 1. The number of anilines is 2. The number of hydrogen-bond donors (Lipinski definition) is 3. The van der Waals surface area contributed by atoms with E-state index in [0.717, 1.165) is 43.2 Å². The predicted molar refractivity (Wildman–Crippen MR) is 196 cm³/mol. The van der Waals surface area contributed by atoms with Crippen molar-refractivity contribution >= 4 is 47.0 Å². The lowest BCUT2D eigenvalue weighted by Gasteiger charge is -2.42. The Labute approximate surface area is 317 Å². The molecule has 4 N–H and O–H groups in total. The van der Waals surface area contributed by atoms with Gasteiger partial charge in [0.2, 0.25) is 0 Å². The Hall–Kier alpha value is -4.24. The number of ether oxygens (including phenoxy) is 1. The summed E-state index contributed by atoms with van der Waals surface area (Å²) >= 11 is 6.12. The number of carboxylic acid groups (broad SMARTS) is 1. The van der Waals surface area contributed by atoms with Crippen molar-refractivity contribution in [1.82, 2.24) is 19.6 Å². The fourth-order valence-electron chi connectivity index (χ4n) is 8.30. The molecule has 0 saturated carbocycles. The molecule has 6 rings (SSSR count). The van der Waals surface area contributed by atoms with Gasteiger partial charge in [-0.3, -0.25) is 9.59 Å². The van der Waals surface area contributed by atoms with Crippen LogP contribution in [0.1, 0.15) is 68.1 Å². The van der Waals surface area contributed by atoms with Crippen LogP contribution in [-0.2, 0) is 33.3 Å². The molecule has 0 aliphatic carbocycles. The molecule has 0 aromatic heterocycles. The number of rotatable bonds is 9. The zero-order chi connectivity index (χ0) is 38.6. The quantitative estimate of drug-likeness (QED) is 0.259. The molecule has 4 aliphatic heterocycles. The van der Waals surface area contributed by atoms with Gasteiger partial charge in [0, 0.05) is 63.3 Å². The monoisotopic (exact) mass is 776 g/mol. The summed E-state index contributed by atoms with van der Waals surface area (Å²) in [6.07, 6.45) is -1.56. The molecule has 0 bridgehead atoms.